The zero-order chi connectivity index (χ0) is 11.3. The van der Waals surface area contributed by atoms with Gasteiger partial charge in [-0.1, -0.05) is 11.6 Å². The van der Waals surface area contributed by atoms with Gasteiger partial charge >= 0.3 is 0 Å². The number of benzene rings is 1. The molecule has 1 aromatic carbocycles. The Hall–Kier alpha value is -0.440. The molecule has 0 saturated heterocycles. The van der Waals surface area contributed by atoms with Gasteiger partial charge in [0.15, 0.2) is 0 Å². The largest absolute Gasteiger partial charge is 0.496 e. The fourth-order valence-electron chi connectivity index (χ4n) is 1.54. The van der Waals surface area contributed by atoms with Gasteiger partial charge in [0, 0.05) is 22.5 Å². The molecule has 4 heteroatoms. The maximum Gasteiger partial charge on any atom is 0.123 e. The Morgan fingerprint density at radius 1 is 1.47 bits per heavy atom. The highest BCUT2D eigenvalue weighted by Gasteiger charge is 2.14. The monoisotopic (exact) mass is 247 g/mol. The van der Waals surface area contributed by atoms with Crippen LogP contribution in [0, 0.1) is 0 Å². The fourth-order valence-corrected chi connectivity index (χ4v) is 1.94. The van der Waals surface area contributed by atoms with E-state index in [9.17, 15) is 0 Å². The molecule has 0 radical (unpaired) electrons. The molecule has 0 amide bonds. The van der Waals surface area contributed by atoms with Crippen molar-refractivity contribution >= 4 is 23.2 Å². The maximum atomic E-state index is 5.96. The lowest BCUT2D eigenvalue weighted by Gasteiger charge is -2.18. The van der Waals surface area contributed by atoms with E-state index < -0.39 is 0 Å². The van der Waals surface area contributed by atoms with E-state index in [-0.39, 0.29) is 6.04 Å². The first-order chi connectivity index (χ1) is 7.22. The molecule has 1 rings (SSSR count). The normalized spacial score (nSPS) is 12.5. The molecule has 1 aromatic rings. The summed E-state index contributed by atoms with van der Waals surface area (Å²) >= 11 is 11.7. The minimum absolute atomic E-state index is 0.177. The number of alkyl halides is 1. The Balaban J connectivity index is 3.02. The quantitative estimate of drug-likeness (QED) is 0.807. The van der Waals surface area contributed by atoms with Gasteiger partial charge in [0.05, 0.1) is 7.11 Å². The van der Waals surface area contributed by atoms with Gasteiger partial charge in [0.2, 0.25) is 0 Å². The van der Waals surface area contributed by atoms with E-state index in [1.54, 1.807) is 7.11 Å². The molecular weight excluding hydrogens is 233 g/mol. The number of halogens is 2. The fraction of sp³-hybridized carbons (Fsp3) is 0.455. The smallest absolute Gasteiger partial charge is 0.123 e. The summed E-state index contributed by atoms with van der Waals surface area (Å²) in [6.45, 7) is 0. The molecule has 0 spiro atoms. The summed E-state index contributed by atoms with van der Waals surface area (Å²) in [5, 5.41) is 3.91. The van der Waals surface area contributed by atoms with E-state index in [0.29, 0.717) is 10.9 Å². The lowest BCUT2D eigenvalue weighted by atomic mass is 10.0. The molecule has 0 bridgehead atoms. The molecule has 84 valence electrons. The van der Waals surface area contributed by atoms with Gasteiger partial charge in [-0.2, -0.15) is 0 Å². The van der Waals surface area contributed by atoms with Crippen LogP contribution in [0.15, 0.2) is 18.2 Å². The van der Waals surface area contributed by atoms with Gasteiger partial charge < -0.3 is 10.1 Å². The van der Waals surface area contributed by atoms with Gasteiger partial charge in [-0.05, 0) is 31.7 Å². The van der Waals surface area contributed by atoms with Gasteiger partial charge in [-0.3, -0.25) is 0 Å². The minimum atomic E-state index is 0.177. The zero-order valence-corrected chi connectivity index (χ0v) is 10.4. The van der Waals surface area contributed by atoms with Crippen LogP contribution >= 0.6 is 23.2 Å². The predicted octanol–water partition coefficient (Wildman–Crippen LogP) is 3.24. The number of rotatable bonds is 5. The van der Waals surface area contributed by atoms with Crippen LogP contribution in [0.2, 0.25) is 5.02 Å². The van der Waals surface area contributed by atoms with E-state index in [0.717, 1.165) is 17.7 Å². The van der Waals surface area contributed by atoms with Crippen molar-refractivity contribution in [3.05, 3.63) is 28.8 Å². The third-order valence-corrected chi connectivity index (χ3v) is 2.77. The van der Waals surface area contributed by atoms with Crippen molar-refractivity contribution in [1.29, 1.82) is 0 Å². The lowest BCUT2D eigenvalue weighted by Crippen LogP contribution is -2.17. The van der Waals surface area contributed by atoms with E-state index in [1.165, 1.54) is 0 Å². The van der Waals surface area contributed by atoms with Crippen LogP contribution in [0.3, 0.4) is 0 Å². The predicted molar refractivity (Wildman–Crippen MR) is 65.1 cm³/mol. The highest BCUT2D eigenvalue weighted by Crippen LogP contribution is 2.29. The number of ether oxygens (including phenoxy) is 1. The molecule has 0 aromatic heterocycles. The summed E-state index contributed by atoms with van der Waals surface area (Å²) in [7, 11) is 3.55. The summed E-state index contributed by atoms with van der Waals surface area (Å²) < 4.78 is 5.29. The van der Waals surface area contributed by atoms with Crippen LogP contribution in [0.5, 0.6) is 5.75 Å². The van der Waals surface area contributed by atoms with Crippen LogP contribution in [0.25, 0.3) is 0 Å². The van der Waals surface area contributed by atoms with Crippen molar-refractivity contribution in [2.75, 3.05) is 20.0 Å². The van der Waals surface area contributed by atoms with E-state index in [4.69, 9.17) is 27.9 Å². The molecule has 0 aliphatic rings. The van der Waals surface area contributed by atoms with Crippen molar-refractivity contribution in [1.82, 2.24) is 5.32 Å². The lowest BCUT2D eigenvalue weighted by molar-refractivity contribution is 0.400. The third kappa shape index (κ3) is 3.26. The van der Waals surface area contributed by atoms with Crippen LogP contribution in [0.1, 0.15) is 18.0 Å². The summed E-state index contributed by atoms with van der Waals surface area (Å²) in [5.41, 5.74) is 1.05. The molecule has 0 fully saturated rings. The standard InChI is InChI=1S/C11H15Cl2NO/c1-14-10(5-6-12)9-7-8(13)3-4-11(9)15-2/h3-4,7,10,14H,5-6H2,1-2H3. The molecule has 1 atom stereocenters. The second-order valence-electron chi connectivity index (χ2n) is 3.21. The summed E-state index contributed by atoms with van der Waals surface area (Å²) in [5.74, 6) is 1.44. The average molecular weight is 248 g/mol. The molecule has 0 aliphatic carbocycles. The molecule has 2 nitrogen and oxygen atoms in total. The topological polar surface area (TPSA) is 21.3 Å². The van der Waals surface area contributed by atoms with Crippen LogP contribution in [-0.2, 0) is 0 Å². The molecular formula is C11H15Cl2NO. The highest BCUT2D eigenvalue weighted by molar-refractivity contribution is 6.30. The minimum Gasteiger partial charge on any atom is -0.496 e. The Bertz CT molecular complexity index is 317. The first-order valence-corrected chi connectivity index (χ1v) is 5.70. The van der Waals surface area contributed by atoms with Crippen LogP contribution < -0.4 is 10.1 Å². The Morgan fingerprint density at radius 3 is 2.73 bits per heavy atom. The molecule has 0 saturated carbocycles. The first kappa shape index (κ1) is 12.6. The van der Waals surface area contributed by atoms with E-state index in [2.05, 4.69) is 5.32 Å². The maximum absolute atomic E-state index is 5.96. The van der Waals surface area contributed by atoms with Crippen LogP contribution in [-0.4, -0.2) is 20.0 Å². The van der Waals surface area contributed by atoms with Crippen molar-refractivity contribution in [2.24, 2.45) is 0 Å². The number of methoxy groups -OCH3 is 1. The highest BCUT2D eigenvalue weighted by atomic mass is 35.5. The summed E-state index contributed by atoms with van der Waals surface area (Å²) in [6, 6.07) is 5.78. The zero-order valence-electron chi connectivity index (χ0n) is 8.89. The van der Waals surface area contributed by atoms with Crippen molar-refractivity contribution in [3.63, 3.8) is 0 Å². The molecule has 0 heterocycles. The Morgan fingerprint density at radius 2 is 2.20 bits per heavy atom. The number of hydrogen-bond donors (Lipinski definition) is 1. The Labute approximate surface area is 101 Å². The van der Waals surface area contributed by atoms with Gasteiger partial charge in [0.25, 0.3) is 0 Å². The SMILES string of the molecule is CNC(CCCl)c1cc(Cl)ccc1OC. The van der Waals surface area contributed by atoms with Crippen LogP contribution in [0.4, 0.5) is 0 Å². The Kier molecular flexibility index (Phi) is 5.23. The first-order valence-electron chi connectivity index (χ1n) is 4.79. The van der Waals surface area contributed by atoms with Gasteiger partial charge in [-0.15, -0.1) is 11.6 Å². The molecule has 1 N–H and O–H groups in total. The van der Waals surface area contributed by atoms with Crippen molar-refractivity contribution < 1.29 is 4.74 Å². The molecule has 1 unspecified atom stereocenters. The van der Waals surface area contributed by atoms with Gasteiger partial charge in [-0.25, -0.2) is 0 Å². The summed E-state index contributed by atoms with van der Waals surface area (Å²) in [6.07, 6.45) is 0.842. The summed E-state index contributed by atoms with van der Waals surface area (Å²) in [4.78, 5) is 0. The molecule has 0 aliphatic heterocycles. The number of hydrogen-bond acceptors (Lipinski definition) is 2. The van der Waals surface area contributed by atoms with Crippen molar-refractivity contribution in [2.45, 2.75) is 12.5 Å². The molecule has 15 heavy (non-hydrogen) atoms. The van der Waals surface area contributed by atoms with E-state index in [1.807, 2.05) is 25.2 Å². The second kappa shape index (κ2) is 6.21. The third-order valence-electron chi connectivity index (χ3n) is 2.31. The van der Waals surface area contributed by atoms with E-state index >= 15 is 0 Å². The number of nitrogens with one attached hydrogen (secondary N) is 1. The van der Waals surface area contributed by atoms with Crippen molar-refractivity contribution in [3.8, 4) is 5.75 Å². The average Bonchev–Trinajstić information content (AvgIpc) is 2.26. The van der Waals surface area contributed by atoms with Gasteiger partial charge in [0.1, 0.15) is 5.75 Å². The second-order valence-corrected chi connectivity index (χ2v) is 4.02.